The first-order chi connectivity index (χ1) is 25.9. The van der Waals surface area contributed by atoms with Crippen molar-refractivity contribution >= 4 is 8.53 Å². The minimum absolute atomic E-state index is 0.0400. The van der Waals surface area contributed by atoms with Crippen molar-refractivity contribution in [1.29, 1.82) is 5.26 Å². The molecule has 1 aliphatic rings. The van der Waals surface area contributed by atoms with E-state index in [1.54, 1.807) is 27.3 Å². The lowest BCUT2D eigenvalue weighted by Gasteiger charge is -2.39. The Bertz CT molecular complexity index is 1920. The molecule has 1 aromatic heterocycles. The number of hydrogen-bond donors (Lipinski definition) is 0. The molecule has 0 spiro atoms. The number of nitriles is 1. The van der Waals surface area contributed by atoms with Crippen molar-refractivity contribution in [3.05, 3.63) is 128 Å². The monoisotopic (exact) mass is 758 g/mol. The standard InChI is InChI=1S/C41H51N4O8P/c1-28(2)45(29(3)4)54(51-24-12-23-42)53-36-25-38(44-26-30(5)39(46)43(6)40(44)47)52-37(36)27-50-41(31-13-10-9-11-14-31,32-15-19-34(48-7)20-16-32)33-17-21-35(49-8)22-18-33/h9-11,13-22,26,28-29,36-38H,12,24-25,27H2,1-8H3/t36-,37-,38-,54?/m1/s1. The molecule has 1 aliphatic heterocycles. The van der Waals surface area contributed by atoms with E-state index < -0.39 is 38.3 Å². The maximum Gasteiger partial charge on any atom is 0.332 e. The summed E-state index contributed by atoms with van der Waals surface area (Å²) >= 11 is 0. The number of aryl methyl sites for hydroxylation is 1. The highest BCUT2D eigenvalue weighted by Gasteiger charge is 2.45. The van der Waals surface area contributed by atoms with Crippen LogP contribution in [-0.4, -0.2) is 65.5 Å². The Morgan fingerprint density at radius 1 is 0.907 bits per heavy atom. The Balaban J connectivity index is 1.62. The van der Waals surface area contributed by atoms with Crippen LogP contribution in [0.1, 0.15) is 69.0 Å². The van der Waals surface area contributed by atoms with Crippen LogP contribution in [0.4, 0.5) is 0 Å². The highest BCUT2D eigenvalue weighted by molar-refractivity contribution is 7.44. The van der Waals surface area contributed by atoms with Crippen LogP contribution in [0.3, 0.4) is 0 Å². The Kier molecular flexibility index (Phi) is 13.9. The van der Waals surface area contributed by atoms with Gasteiger partial charge in [-0.15, -0.1) is 0 Å². The summed E-state index contributed by atoms with van der Waals surface area (Å²) in [5.41, 5.74) is 0.996. The Labute approximate surface area is 318 Å². The molecule has 54 heavy (non-hydrogen) atoms. The van der Waals surface area contributed by atoms with E-state index in [2.05, 4.69) is 38.4 Å². The van der Waals surface area contributed by atoms with Gasteiger partial charge in [0.1, 0.15) is 29.4 Å². The van der Waals surface area contributed by atoms with Crippen molar-refractivity contribution in [2.75, 3.05) is 27.4 Å². The van der Waals surface area contributed by atoms with Crippen molar-refractivity contribution in [2.24, 2.45) is 7.05 Å². The lowest BCUT2D eigenvalue weighted by molar-refractivity contribution is -0.0927. The molecule has 5 rings (SSSR count). The van der Waals surface area contributed by atoms with E-state index in [1.165, 1.54) is 11.6 Å². The van der Waals surface area contributed by atoms with Crippen molar-refractivity contribution < 1.29 is 28.0 Å². The van der Waals surface area contributed by atoms with Crippen molar-refractivity contribution in [3.8, 4) is 17.6 Å². The molecule has 2 heterocycles. The first-order valence-corrected chi connectivity index (χ1v) is 19.3. The SMILES string of the molecule is COc1ccc(C(OC[C@H]2O[C@@H](n3cc(C)c(=O)n(C)c3=O)C[C@H]2OP(OCCC#N)N(C(C)C)C(C)C)(c2ccccc2)c2ccc(OC)cc2)cc1. The lowest BCUT2D eigenvalue weighted by Crippen LogP contribution is -2.40. The summed E-state index contributed by atoms with van der Waals surface area (Å²) < 4.78 is 42.9. The Morgan fingerprint density at radius 2 is 1.46 bits per heavy atom. The summed E-state index contributed by atoms with van der Waals surface area (Å²) in [6, 6.07) is 27.8. The summed E-state index contributed by atoms with van der Waals surface area (Å²) in [5, 5.41) is 9.32. The summed E-state index contributed by atoms with van der Waals surface area (Å²) in [6.07, 6.45) is -0.0351. The number of hydrogen-bond acceptors (Lipinski definition) is 10. The highest BCUT2D eigenvalue weighted by Crippen LogP contribution is 2.50. The molecular formula is C41H51N4O8P. The maximum absolute atomic E-state index is 13.5. The molecule has 0 amide bonds. The van der Waals surface area contributed by atoms with E-state index in [-0.39, 0.29) is 43.7 Å². The van der Waals surface area contributed by atoms with Gasteiger partial charge in [0.05, 0.1) is 46.0 Å². The first kappa shape index (κ1) is 40.8. The van der Waals surface area contributed by atoms with Crippen molar-refractivity contribution in [2.45, 2.75) is 83.6 Å². The molecule has 0 aliphatic carbocycles. The van der Waals surface area contributed by atoms with Gasteiger partial charge in [-0.05, 0) is 75.6 Å². The van der Waals surface area contributed by atoms with Crippen LogP contribution >= 0.6 is 8.53 Å². The van der Waals surface area contributed by atoms with Gasteiger partial charge in [0.2, 0.25) is 0 Å². The number of aromatic nitrogens is 2. The van der Waals surface area contributed by atoms with Crippen molar-refractivity contribution in [1.82, 2.24) is 13.8 Å². The Morgan fingerprint density at radius 3 is 1.98 bits per heavy atom. The average Bonchev–Trinajstić information content (AvgIpc) is 3.58. The van der Waals surface area contributed by atoms with Gasteiger partial charge in [-0.1, -0.05) is 54.6 Å². The minimum atomic E-state index is -1.67. The smallest absolute Gasteiger partial charge is 0.332 e. The van der Waals surface area contributed by atoms with Gasteiger partial charge in [-0.2, -0.15) is 5.26 Å². The van der Waals surface area contributed by atoms with Crippen LogP contribution in [0.15, 0.2) is 94.6 Å². The van der Waals surface area contributed by atoms with E-state index in [9.17, 15) is 14.9 Å². The maximum atomic E-state index is 13.5. The average molecular weight is 759 g/mol. The summed E-state index contributed by atoms with van der Waals surface area (Å²) in [6.45, 7) is 10.2. The summed E-state index contributed by atoms with van der Waals surface area (Å²) in [5.74, 6) is 1.40. The molecule has 4 aromatic rings. The fraction of sp³-hybridized carbons (Fsp3) is 0.439. The Hall–Kier alpha value is -4.34. The van der Waals surface area contributed by atoms with Gasteiger partial charge in [0, 0.05) is 37.3 Å². The van der Waals surface area contributed by atoms with E-state index >= 15 is 0 Å². The van der Waals surface area contributed by atoms with Gasteiger partial charge in [0.25, 0.3) is 14.1 Å². The topological polar surface area (TPSA) is 126 Å². The second-order valence-electron chi connectivity index (χ2n) is 13.7. The molecule has 1 saturated heterocycles. The van der Waals surface area contributed by atoms with Crippen LogP contribution in [-0.2, 0) is 31.2 Å². The molecule has 13 heteroatoms. The molecule has 0 N–H and O–H groups in total. The van der Waals surface area contributed by atoms with Crippen LogP contribution in [0.25, 0.3) is 0 Å². The summed E-state index contributed by atoms with van der Waals surface area (Å²) in [4.78, 5) is 26.2. The van der Waals surface area contributed by atoms with Gasteiger partial charge in [-0.25, -0.2) is 9.46 Å². The number of methoxy groups -OCH3 is 2. The molecule has 1 fully saturated rings. The number of rotatable bonds is 17. The minimum Gasteiger partial charge on any atom is -0.497 e. The zero-order chi connectivity index (χ0) is 39.0. The zero-order valence-electron chi connectivity index (χ0n) is 32.3. The summed E-state index contributed by atoms with van der Waals surface area (Å²) in [7, 11) is 3.05. The molecule has 3 aromatic carbocycles. The van der Waals surface area contributed by atoms with Crippen LogP contribution in [0, 0.1) is 18.3 Å². The van der Waals surface area contributed by atoms with E-state index in [1.807, 2.05) is 78.9 Å². The number of nitrogens with zero attached hydrogens (tertiary/aromatic N) is 4. The molecular weight excluding hydrogens is 707 g/mol. The molecule has 12 nitrogen and oxygen atoms in total. The fourth-order valence-electron chi connectivity index (χ4n) is 6.87. The third-order valence-electron chi connectivity index (χ3n) is 9.50. The normalized spacial score (nSPS) is 17.9. The first-order valence-electron chi connectivity index (χ1n) is 18.1. The molecule has 0 saturated carbocycles. The van der Waals surface area contributed by atoms with E-state index in [4.69, 9.17) is 28.0 Å². The molecule has 288 valence electrons. The zero-order valence-corrected chi connectivity index (χ0v) is 33.2. The highest BCUT2D eigenvalue weighted by atomic mass is 31.2. The van der Waals surface area contributed by atoms with E-state index in [0.29, 0.717) is 17.1 Å². The van der Waals surface area contributed by atoms with E-state index in [0.717, 1.165) is 21.3 Å². The lowest BCUT2D eigenvalue weighted by atomic mass is 9.80. The van der Waals surface area contributed by atoms with Gasteiger partial charge < -0.3 is 28.0 Å². The van der Waals surface area contributed by atoms with Crippen LogP contribution in [0.5, 0.6) is 11.5 Å². The largest absolute Gasteiger partial charge is 0.497 e. The third kappa shape index (κ3) is 8.79. The molecule has 4 atom stereocenters. The number of benzene rings is 3. The molecule has 1 unspecified atom stereocenters. The second kappa shape index (κ2) is 18.3. The third-order valence-corrected chi connectivity index (χ3v) is 11.7. The fourth-order valence-corrected chi connectivity index (χ4v) is 8.63. The van der Waals surface area contributed by atoms with Crippen LogP contribution < -0.4 is 20.7 Å². The van der Waals surface area contributed by atoms with Crippen molar-refractivity contribution in [3.63, 3.8) is 0 Å². The quantitative estimate of drug-likeness (QED) is 0.0643. The molecule has 0 radical (unpaired) electrons. The second-order valence-corrected chi connectivity index (χ2v) is 15.1. The predicted molar refractivity (Wildman–Crippen MR) is 208 cm³/mol. The number of ether oxygens (including phenoxy) is 4. The molecule has 0 bridgehead atoms. The predicted octanol–water partition coefficient (Wildman–Crippen LogP) is 6.83. The van der Waals surface area contributed by atoms with Gasteiger partial charge in [-0.3, -0.25) is 13.9 Å². The van der Waals surface area contributed by atoms with Gasteiger partial charge in [0.15, 0.2) is 0 Å². The van der Waals surface area contributed by atoms with Crippen LogP contribution in [0.2, 0.25) is 0 Å². The van der Waals surface area contributed by atoms with Gasteiger partial charge >= 0.3 is 5.69 Å².